The summed E-state index contributed by atoms with van der Waals surface area (Å²) >= 11 is 1.62. The van der Waals surface area contributed by atoms with E-state index >= 15 is 0 Å². The maximum absolute atomic E-state index is 4.26. The molecule has 2 aromatic rings. The molecule has 0 saturated heterocycles. The molecule has 1 heterocycles. The van der Waals surface area contributed by atoms with E-state index in [1.165, 1.54) is 17.3 Å². The molecule has 0 saturated carbocycles. The molecule has 1 aliphatic rings. The predicted molar refractivity (Wildman–Crippen MR) is 115 cm³/mol. The Morgan fingerprint density at radius 1 is 0.741 bits per heavy atom. The van der Waals surface area contributed by atoms with Crippen molar-refractivity contribution in [1.82, 2.24) is 10.6 Å². The molecule has 3 rings (SSSR count). The Balaban J connectivity index is 1.55. The van der Waals surface area contributed by atoms with Gasteiger partial charge < -0.3 is 10.6 Å². The molecular weight excluding hydrogens is 356 g/mol. The van der Waals surface area contributed by atoms with Crippen LogP contribution >= 0.6 is 11.8 Å². The topological polar surface area (TPSA) is 73.5 Å². The second-order valence-corrected chi connectivity index (χ2v) is 6.84. The third-order valence-electron chi connectivity index (χ3n) is 3.73. The van der Waals surface area contributed by atoms with E-state index in [1.807, 2.05) is 36.4 Å². The Labute approximate surface area is 163 Å². The summed E-state index contributed by atoms with van der Waals surface area (Å²) < 4.78 is 0. The van der Waals surface area contributed by atoms with E-state index in [0.29, 0.717) is 6.54 Å². The lowest BCUT2D eigenvalue weighted by atomic mass is 10.2. The summed E-state index contributed by atoms with van der Waals surface area (Å²) in [5.74, 6) is 1.67. The van der Waals surface area contributed by atoms with Crippen molar-refractivity contribution in [2.24, 2.45) is 20.4 Å². The number of rotatable bonds is 4. The smallest absolute Gasteiger partial charge is 0.183 e. The minimum Gasteiger partial charge on any atom is -0.368 e. The number of benzene rings is 2. The fraction of sp³-hybridized carbons (Fsp3) is 0.200. The lowest BCUT2D eigenvalue weighted by molar-refractivity contribution is 0.881. The van der Waals surface area contributed by atoms with Crippen LogP contribution < -0.4 is 10.6 Å². The molecule has 0 bridgehead atoms. The Kier molecular flexibility index (Phi) is 7.63. The average molecular weight is 379 g/mol. The Bertz CT molecular complexity index is 745. The molecule has 0 radical (unpaired) electrons. The van der Waals surface area contributed by atoms with E-state index in [4.69, 9.17) is 0 Å². The van der Waals surface area contributed by atoms with E-state index in [0.717, 1.165) is 29.7 Å². The number of nitrogens with one attached hydrogen (secondary N) is 2. The zero-order chi connectivity index (χ0) is 18.6. The van der Waals surface area contributed by atoms with Crippen molar-refractivity contribution >= 4 is 35.2 Å². The van der Waals surface area contributed by atoms with Gasteiger partial charge in [0.25, 0.3) is 0 Å². The Morgan fingerprint density at radius 3 is 2.00 bits per heavy atom. The lowest BCUT2D eigenvalue weighted by Crippen LogP contribution is -2.24. The summed E-state index contributed by atoms with van der Waals surface area (Å²) in [7, 11) is 0. The molecule has 0 fully saturated rings. The Morgan fingerprint density at radius 2 is 1.33 bits per heavy atom. The monoisotopic (exact) mass is 378 g/mol. The maximum atomic E-state index is 4.26. The summed E-state index contributed by atoms with van der Waals surface area (Å²) in [5, 5.41) is 24.1. The van der Waals surface area contributed by atoms with E-state index in [2.05, 4.69) is 55.3 Å². The summed E-state index contributed by atoms with van der Waals surface area (Å²) in [6, 6.07) is 20.5. The van der Waals surface area contributed by atoms with Gasteiger partial charge in [-0.15, -0.1) is 10.2 Å². The van der Waals surface area contributed by atoms with Crippen LogP contribution in [0.15, 0.2) is 81.1 Å². The van der Waals surface area contributed by atoms with Crippen LogP contribution in [0.5, 0.6) is 0 Å². The van der Waals surface area contributed by atoms with Gasteiger partial charge in [0, 0.05) is 25.3 Å². The minimum absolute atomic E-state index is 0.712. The van der Waals surface area contributed by atoms with Crippen molar-refractivity contribution in [1.29, 1.82) is 0 Å². The van der Waals surface area contributed by atoms with Crippen molar-refractivity contribution in [3.8, 4) is 0 Å². The van der Waals surface area contributed by atoms with Crippen LogP contribution in [0.1, 0.15) is 17.5 Å². The molecule has 2 N–H and O–H groups in total. The van der Waals surface area contributed by atoms with Gasteiger partial charge in [-0.25, -0.2) is 0 Å². The number of amidine groups is 2. The van der Waals surface area contributed by atoms with Crippen LogP contribution in [0.3, 0.4) is 0 Å². The first-order valence-electron chi connectivity index (χ1n) is 8.78. The first-order chi connectivity index (χ1) is 13.4. The van der Waals surface area contributed by atoms with Crippen molar-refractivity contribution in [3.05, 3.63) is 71.8 Å². The van der Waals surface area contributed by atoms with Gasteiger partial charge in [0.1, 0.15) is 5.84 Å². The second-order valence-electron chi connectivity index (χ2n) is 5.76. The molecule has 0 amide bonds. The van der Waals surface area contributed by atoms with Gasteiger partial charge in [0.05, 0.1) is 12.4 Å². The number of nitrogens with zero attached hydrogens (tertiary/aromatic N) is 4. The molecule has 2 aromatic carbocycles. The second kappa shape index (κ2) is 10.9. The number of hydrogen-bond acceptors (Lipinski definition) is 7. The van der Waals surface area contributed by atoms with Crippen LogP contribution in [-0.2, 0) is 13.1 Å². The summed E-state index contributed by atoms with van der Waals surface area (Å²) in [6.45, 7) is 1.44. The minimum atomic E-state index is 0.712. The van der Waals surface area contributed by atoms with Crippen molar-refractivity contribution in [2.75, 3.05) is 5.75 Å². The molecular formula is C20H22N6S. The highest BCUT2D eigenvalue weighted by molar-refractivity contribution is 8.13. The Hall–Kier alpha value is -2.93. The van der Waals surface area contributed by atoms with Gasteiger partial charge in [-0.3, -0.25) is 0 Å². The van der Waals surface area contributed by atoms with Gasteiger partial charge in [0.2, 0.25) is 0 Å². The SMILES string of the molecule is C1=N/N=C(\NCc2ccccc2)CCS\C(NCc2ccccc2)=N/N=C/1. The first-order valence-corrected chi connectivity index (χ1v) is 9.76. The van der Waals surface area contributed by atoms with Crippen molar-refractivity contribution in [2.45, 2.75) is 19.5 Å². The largest absolute Gasteiger partial charge is 0.368 e. The molecule has 6 nitrogen and oxygen atoms in total. The quantitative estimate of drug-likeness (QED) is 0.856. The van der Waals surface area contributed by atoms with Gasteiger partial charge in [0.15, 0.2) is 5.17 Å². The summed E-state index contributed by atoms with van der Waals surface area (Å²) in [5.41, 5.74) is 2.41. The van der Waals surface area contributed by atoms with Crippen molar-refractivity contribution in [3.63, 3.8) is 0 Å². The first kappa shape index (κ1) is 18.8. The van der Waals surface area contributed by atoms with Crippen LogP contribution in [0, 0.1) is 0 Å². The molecule has 0 atom stereocenters. The molecule has 0 aromatic heterocycles. The standard InChI is InChI=1S/C20H22N6S/c1-3-7-17(8-4-1)15-21-19-11-14-27-20(26-24-13-12-23-25-19)22-16-18-9-5-2-6-10-18/h1-10,12-13H,11,14-16H2,(H,21,25)(H,22,26)/b23-12+,24-13+. The van der Waals surface area contributed by atoms with Crippen LogP contribution in [0.4, 0.5) is 0 Å². The third kappa shape index (κ3) is 7.07. The molecule has 7 heteroatoms. The molecule has 0 spiro atoms. The molecule has 1 aliphatic heterocycles. The van der Waals surface area contributed by atoms with Crippen molar-refractivity contribution < 1.29 is 0 Å². The summed E-state index contributed by atoms with van der Waals surface area (Å²) in [4.78, 5) is 0. The van der Waals surface area contributed by atoms with Gasteiger partial charge in [-0.1, -0.05) is 72.4 Å². The average Bonchev–Trinajstić information content (AvgIpc) is 2.77. The van der Waals surface area contributed by atoms with Crippen LogP contribution in [0.2, 0.25) is 0 Å². The highest BCUT2D eigenvalue weighted by Gasteiger charge is 2.05. The van der Waals surface area contributed by atoms with E-state index in [1.54, 1.807) is 18.0 Å². The predicted octanol–water partition coefficient (Wildman–Crippen LogP) is 3.43. The van der Waals surface area contributed by atoms with Crippen LogP contribution in [-0.4, -0.2) is 29.2 Å². The molecule has 138 valence electrons. The number of hydrogen-bond donors (Lipinski definition) is 2. The maximum Gasteiger partial charge on any atom is 0.183 e. The summed E-state index contributed by atoms with van der Waals surface area (Å²) in [6.07, 6.45) is 3.84. The molecule has 0 unspecified atom stereocenters. The van der Waals surface area contributed by atoms with Crippen LogP contribution in [0.25, 0.3) is 0 Å². The van der Waals surface area contributed by atoms with Gasteiger partial charge in [-0.05, 0) is 11.1 Å². The zero-order valence-electron chi connectivity index (χ0n) is 15.0. The third-order valence-corrected chi connectivity index (χ3v) is 4.64. The highest BCUT2D eigenvalue weighted by atomic mass is 32.2. The van der Waals surface area contributed by atoms with Gasteiger partial charge >= 0.3 is 0 Å². The normalized spacial score (nSPS) is 20.9. The molecule has 27 heavy (non-hydrogen) atoms. The fourth-order valence-electron chi connectivity index (χ4n) is 2.36. The number of thioether (sulfide) groups is 1. The fourth-order valence-corrected chi connectivity index (χ4v) is 3.12. The lowest BCUT2D eigenvalue weighted by Gasteiger charge is -2.10. The van der Waals surface area contributed by atoms with E-state index in [-0.39, 0.29) is 0 Å². The van der Waals surface area contributed by atoms with Gasteiger partial charge in [-0.2, -0.15) is 10.2 Å². The highest BCUT2D eigenvalue weighted by Crippen LogP contribution is 2.08. The zero-order valence-corrected chi connectivity index (χ0v) is 15.8. The van der Waals surface area contributed by atoms with E-state index < -0.39 is 0 Å². The molecule has 0 aliphatic carbocycles. The van der Waals surface area contributed by atoms with E-state index in [9.17, 15) is 0 Å².